The van der Waals surface area contributed by atoms with Crippen LogP contribution in [0.4, 0.5) is 14.9 Å². The second-order valence-electron chi connectivity index (χ2n) is 8.22. The molecule has 1 atom stereocenters. The van der Waals surface area contributed by atoms with Gasteiger partial charge in [-0.15, -0.1) is 4.36 Å². The summed E-state index contributed by atoms with van der Waals surface area (Å²) in [6.45, 7) is 3.28. The molecule has 0 spiro atoms. The summed E-state index contributed by atoms with van der Waals surface area (Å²) in [4.78, 5) is 12.9. The van der Waals surface area contributed by atoms with Crippen molar-refractivity contribution >= 4 is 22.3 Å². The van der Waals surface area contributed by atoms with Crippen LogP contribution in [0.2, 0.25) is 0 Å². The first kappa shape index (κ1) is 20.0. The molecule has 0 fully saturated rings. The predicted molar refractivity (Wildman–Crippen MR) is 111 cm³/mol. The molecule has 0 aliphatic heterocycles. The normalized spacial score (nSPS) is 16.6. The van der Waals surface area contributed by atoms with Crippen LogP contribution in [0.5, 0.6) is 0 Å². The summed E-state index contributed by atoms with van der Waals surface area (Å²) >= 11 is 0. The lowest BCUT2D eigenvalue weighted by Crippen LogP contribution is -2.15. The highest BCUT2D eigenvalue weighted by Gasteiger charge is 2.29. The number of urea groups is 1. The highest BCUT2D eigenvalue weighted by Crippen LogP contribution is 2.41. The number of benzene rings is 2. The van der Waals surface area contributed by atoms with E-state index >= 15 is 0 Å². The molecule has 2 aliphatic rings. The fourth-order valence-corrected chi connectivity index (χ4v) is 5.11. The van der Waals surface area contributed by atoms with Gasteiger partial charge in [-0.25, -0.2) is 13.4 Å². The standard InChI is InChI=1S/C22H25FN2O3S/c1-22(2,27)13-6-3-7-14(12-13)29(28)25-21(26)24-20-17-10-4-8-15(17)19(23)16-9-5-11-18(16)20/h3,6-7,12,27,29H,4-5,8-11H2,1-2H3,(H,24,26). The summed E-state index contributed by atoms with van der Waals surface area (Å²) in [5.41, 5.74) is 3.35. The number of halogens is 1. The minimum Gasteiger partial charge on any atom is -0.386 e. The van der Waals surface area contributed by atoms with Crippen LogP contribution in [0, 0.1) is 5.82 Å². The number of thiol groups is 1. The van der Waals surface area contributed by atoms with Gasteiger partial charge in [0.05, 0.1) is 16.2 Å². The van der Waals surface area contributed by atoms with E-state index in [4.69, 9.17) is 0 Å². The van der Waals surface area contributed by atoms with Gasteiger partial charge in [0.2, 0.25) is 0 Å². The van der Waals surface area contributed by atoms with E-state index in [1.807, 2.05) is 0 Å². The molecule has 0 radical (unpaired) electrons. The first-order valence-corrected chi connectivity index (χ1v) is 11.1. The van der Waals surface area contributed by atoms with E-state index in [1.165, 1.54) is 0 Å². The molecule has 7 heteroatoms. The van der Waals surface area contributed by atoms with Crippen molar-refractivity contribution in [1.82, 2.24) is 0 Å². The maximum atomic E-state index is 14.8. The van der Waals surface area contributed by atoms with Crippen LogP contribution in [-0.4, -0.2) is 15.3 Å². The molecule has 2 N–H and O–H groups in total. The third-order valence-corrected chi connectivity index (χ3v) is 6.84. The topological polar surface area (TPSA) is 78.8 Å². The lowest BCUT2D eigenvalue weighted by atomic mass is 9.98. The van der Waals surface area contributed by atoms with Gasteiger partial charge < -0.3 is 10.4 Å². The van der Waals surface area contributed by atoms with Gasteiger partial charge >= 0.3 is 6.03 Å². The number of amides is 2. The minimum absolute atomic E-state index is 0.102. The summed E-state index contributed by atoms with van der Waals surface area (Å²) in [6.07, 6.45) is 4.57. The summed E-state index contributed by atoms with van der Waals surface area (Å²) in [5, 5.41) is 12.9. The molecule has 0 saturated heterocycles. The Bertz CT molecular complexity index is 1050. The average Bonchev–Trinajstić information content (AvgIpc) is 3.34. The Kier molecular flexibility index (Phi) is 5.21. The lowest BCUT2D eigenvalue weighted by molar-refractivity contribution is 0.0784. The van der Waals surface area contributed by atoms with Crippen LogP contribution < -0.4 is 5.32 Å². The van der Waals surface area contributed by atoms with Gasteiger partial charge in [0, 0.05) is 10.6 Å². The lowest BCUT2D eigenvalue weighted by Gasteiger charge is -2.17. The Morgan fingerprint density at radius 2 is 1.69 bits per heavy atom. The molecule has 154 valence electrons. The van der Waals surface area contributed by atoms with E-state index in [1.54, 1.807) is 38.1 Å². The van der Waals surface area contributed by atoms with Crippen LogP contribution >= 0.6 is 0 Å². The Morgan fingerprint density at radius 1 is 1.10 bits per heavy atom. The number of carbonyl (C=O) groups is 1. The summed E-state index contributed by atoms with van der Waals surface area (Å²) in [5.74, 6) is -0.102. The second kappa shape index (κ2) is 7.54. The largest absolute Gasteiger partial charge is 0.386 e. The number of hydrogen-bond acceptors (Lipinski definition) is 3. The molecule has 0 saturated carbocycles. The van der Waals surface area contributed by atoms with Crippen molar-refractivity contribution in [2.75, 3.05) is 5.32 Å². The minimum atomic E-state index is -2.31. The number of anilines is 1. The zero-order valence-electron chi connectivity index (χ0n) is 16.6. The van der Waals surface area contributed by atoms with Crippen molar-refractivity contribution < 1.29 is 18.5 Å². The van der Waals surface area contributed by atoms with Gasteiger partial charge in [0.15, 0.2) is 0 Å². The molecule has 2 aromatic rings. The van der Waals surface area contributed by atoms with Crippen molar-refractivity contribution in [2.24, 2.45) is 4.36 Å². The van der Waals surface area contributed by atoms with Crippen molar-refractivity contribution in [3.8, 4) is 0 Å². The smallest absolute Gasteiger partial charge is 0.353 e. The van der Waals surface area contributed by atoms with Gasteiger partial charge in [-0.05, 0) is 92.3 Å². The van der Waals surface area contributed by atoms with Crippen LogP contribution in [-0.2, 0) is 41.9 Å². The second-order valence-corrected chi connectivity index (χ2v) is 9.49. The van der Waals surface area contributed by atoms with Crippen molar-refractivity contribution in [3.63, 3.8) is 0 Å². The maximum absolute atomic E-state index is 14.8. The highest BCUT2D eigenvalue weighted by atomic mass is 32.2. The summed E-state index contributed by atoms with van der Waals surface area (Å²) < 4.78 is 31.2. The highest BCUT2D eigenvalue weighted by molar-refractivity contribution is 7.75. The molecular weight excluding hydrogens is 391 g/mol. The molecule has 1 unspecified atom stereocenters. The Hall–Kier alpha value is -2.25. The third kappa shape index (κ3) is 3.81. The molecule has 2 amide bonds. The quantitative estimate of drug-likeness (QED) is 0.653. The van der Waals surface area contributed by atoms with Crippen LogP contribution in [0.25, 0.3) is 0 Å². The zero-order chi connectivity index (χ0) is 20.8. The van der Waals surface area contributed by atoms with Crippen LogP contribution in [0.1, 0.15) is 54.5 Å². The molecule has 5 nitrogen and oxygen atoms in total. The number of rotatable bonds is 3. The number of nitrogens with zero attached hydrogens (tertiary/aromatic N) is 1. The Balaban J connectivity index is 1.64. The summed E-state index contributed by atoms with van der Waals surface area (Å²) in [6, 6.07) is 5.95. The van der Waals surface area contributed by atoms with Crippen molar-refractivity contribution in [1.29, 1.82) is 0 Å². The van der Waals surface area contributed by atoms with E-state index < -0.39 is 22.2 Å². The van der Waals surface area contributed by atoms with Crippen LogP contribution in [0.15, 0.2) is 33.5 Å². The monoisotopic (exact) mass is 416 g/mol. The van der Waals surface area contributed by atoms with E-state index in [2.05, 4.69) is 9.68 Å². The van der Waals surface area contributed by atoms with Crippen molar-refractivity contribution in [3.05, 3.63) is 57.9 Å². The number of fused-ring (bicyclic) bond motifs is 2. The molecule has 0 bridgehead atoms. The van der Waals surface area contributed by atoms with E-state index in [0.29, 0.717) is 40.1 Å². The van der Waals surface area contributed by atoms with E-state index in [9.17, 15) is 18.5 Å². The molecular formula is C22H25FN2O3S. The van der Waals surface area contributed by atoms with Gasteiger partial charge in [-0.3, -0.25) is 0 Å². The van der Waals surface area contributed by atoms with Gasteiger partial charge in [0.25, 0.3) is 0 Å². The predicted octanol–water partition coefficient (Wildman–Crippen LogP) is 4.29. The van der Waals surface area contributed by atoms with Gasteiger partial charge in [0.1, 0.15) is 5.82 Å². The van der Waals surface area contributed by atoms with E-state index in [0.717, 1.165) is 36.8 Å². The molecule has 2 aliphatic carbocycles. The molecule has 29 heavy (non-hydrogen) atoms. The van der Waals surface area contributed by atoms with Gasteiger partial charge in [-0.2, -0.15) is 0 Å². The SMILES string of the molecule is CC(C)(O)c1cccc(/[SH](=O)=N/C(=O)Nc2c3c(c(F)c4c2CCC4)CCC3)c1. The van der Waals surface area contributed by atoms with Crippen LogP contribution in [0.3, 0.4) is 0 Å². The molecule has 0 heterocycles. The number of carbonyl (C=O) groups excluding carboxylic acids is 1. The number of aliphatic hydroxyl groups is 1. The third-order valence-electron chi connectivity index (χ3n) is 5.76. The number of hydrogen-bond donors (Lipinski definition) is 3. The maximum Gasteiger partial charge on any atom is 0.353 e. The summed E-state index contributed by atoms with van der Waals surface area (Å²) in [7, 11) is -2.31. The first-order valence-electron chi connectivity index (χ1n) is 9.93. The fraction of sp³-hybridized carbons (Fsp3) is 0.409. The zero-order valence-corrected chi connectivity index (χ0v) is 17.5. The number of nitrogens with one attached hydrogen (secondary N) is 1. The Morgan fingerprint density at radius 3 is 2.28 bits per heavy atom. The fourth-order valence-electron chi connectivity index (χ4n) is 4.32. The Labute approximate surface area is 171 Å². The molecule has 2 aromatic carbocycles. The van der Waals surface area contributed by atoms with Gasteiger partial charge in [-0.1, -0.05) is 12.1 Å². The molecule has 4 rings (SSSR count). The van der Waals surface area contributed by atoms with E-state index in [-0.39, 0.29) is 5.82 Å². The van der Waals surface area contributed by atoms with Crippen molar-refractivity contribution in [2.45, 2.75) is 62.9 Å². The molecule has 0 aromatic heterocycles. The average molecular weight is 417 g/mol. The first-order chi connectivity index (χ1) is 13.8.